The number of nitrogens with zero attached hydrogens (tertiary/aromatic N) is 1. The van der Waals surface area contributed by atoms with Crippen LogP contribution < -0.4 is 24.3 Å². The summed E-state index contributed by atoms with van der Waals surface area (Å²) in [6.45, 7) is 4.16. The maximum Gasteiger partial charge on any atom is 0.264 e. The minimum atomic E-state index is -0.281. The van der Waals surface area contributed by atoms with Gasteiger partial charge in [0.25, 0.3) is 5.91 Å². The number of nitrogens with one attached hydrogen (secondary N) is 1. The van der Waals surface area contributed by atoms with Gasteiger partial charge in [0.05, 0.1) is 5.69 Å². The van der Waals surface area contributed by atoms with Crippen LogP contribution >= 0.6 is 11.3 Å². The number of hydrogen-bond donors (Lipinski definition) is 1. The van der Waals surface area contributed by atoms with Crippen molar-refractivity contribution in [1.29, 1.82) is 0 Å². The Labute approximate surface area is 177 Å². The predicted molar refractivity (Wildman–Crippen MR) is 113 cm³/mol. The number of benzene rings is 2. The third-order valence-corrected chi connectivity index (χ3v) is 5.59. The van der Waals surface area contributed by atoms with E-state index in [4.69, 9.17) is 18.9 Å². The molecule has 154 valence electrons. The number of carbonyl (C=O) groups is 1. The lowest BCUT2D eigenvalue weighted by molar-refractivity contribution is -0.118. The maximum absolute atomic E-state index is 12.4. The van der Waals surface area contributed by atoms with Crippen LogP contribution in [0.3, 0.4) is 0 Å². The predicted octanol–water partition coefficient (Wildman–Crippen LogP) is 4.27. The molecule has 2 aliphatic rings. The Hall–Kier alpha value is -3.26. The van der Waals surface area contributed by atoms with Crippen molar-refractivity contribution >= 4 is 22.4 Å². The van der Waals surface area contributed by atoms with Gasteiger partial charge in [0.1, 0.15) is 5.60 Å². The van der Waals surface area contributed by atoms with Crippen LogP contribution in [0.5, 0.6) is 23.0 Å². The van der Waals surface area contributed by atoms with Crippen LogP contribution in [-0.4, -0.2) is 29.9 Å². The molecule has 30 heavy (non-hydrogen) atoms. The van der Waals surface area contributed by atoms with Crippen molar-refractivity contribution in [2.24, 2.45) is 0 Å². The van der Waals surface area contributed by atoms with Gasteiger partial charge in [-0.25, -0.2) is 4.98 Å². The molecule has 0 atom stereocenters. The van der Waals surface area contributed by atoms with Crippen molar-refractivity contribution in [2.45, 2.75) is 25.9 Å². The first-order valence-electron chi connectivity index (χ1n) is 9.56. The molecule has 3 aromatic rings. The molecule has 3 heterocycles. The van der Waals surface area contributed by atoms with Crippen LogP contribution in [-0.2, 0) is 11.2 Å². The number of rotatable bonds is 5. The quantitative estimate of drug-likeness (QED) is 0.659. The highest BCUT2D eigenvalue weighted by molar-refractivity contribution is 7.14. The number of amides is 1. The Bertz CT molecular complexity index is 1120. The van der Waals surface area contributed by atoms with Crippen molar-refractivity contribution < 1.29 is 23.7 Å². The molecule has 5 rings (SSSR count). The molecular weight excluding hydrogens is 404 g/mol. The average molecular weight is 424 g/mol. The van der Waals surface area contributed by atoms with Gasteiger partial charge in [-0.1, -0.05) is 12.1 Å². The number of para-hydroxylation sites is 1. The van der Waals surface area contributed by atoms with Gasteiger partial charge in [0, 0.05) is 22.9 Å². The second kappa shape index (κ2) is 7.21. The fraction of sp³-hybridized carbons (Fsp3) is 0.273. The number of ether oxygens (including phenoxy) is 4. The van der Waals surface area contributed by atoms with E-state index in [1.165, 1.54) is 11.3 Å². The van der Waals surface area contributed by atoms with E-state index >= 15 is 0 Å². The van der Waals surface area contributed by atoms with Crippen molar-refractivity contribution in [2.75, 3.05) is 18.7 Å². The SMILES string of the molecule is CC1(C)Cc2cccc(OCC(=O)Nc3nc(-c4ccc5c(c4)OCO5)cs3)c2O1. The number of anilines is 1. The lowest BCUT2D eigenvalue weighted by atomic mass is 10.0. The number of hydrogen-bond acceptors (Lipinski definition) is 7. The fourth-order valence-electron chi connectivity index (χ4n) is 3.52. The lowest BCUT2D eigenvalue weighted by Gasteiger charge is -2.18. The standard InChI is InChI=1S/C22H20N2O5S/c1-22(2)9-14-4-3-5-17(20(14)29-22)26-10-19(25)24-21-23-15(11-30-21)13-6-7-16-18(8-13)28-12-27-16/h3-8,11H,9-10,12H2,1-2H3,(H,23,24,25). The van der Waals surface area contributed by atoms with Crippen molar-refractivity contribution in [3.63, 3.8) is 0 Å². The highest BCUT2D eigenvalue weighted by Gasteiger charge is 2.32. The average Bonchev–Trinajstić information content (AvgIpc) is 3.42. The summed E-state index contributed by atoms with van der Waals surface area (Å²) in [6.07, 6.45) is 0.813. The van der Waals surface area contributed by atoms with Crippen molar-refractivity contribution in [3.05, 3.63) is 47.3 Å². The molecule has 0 saturated heterocycles. The number of aromatic nitrogens is 1. The van der Waals surface area contributed by atoms with Crippen LogP contribution in [0.15, 0.2) is 41.8 Å². The van der Waals surface area contributed by atoms with Gasteiger partial charge < -0.3 is 18.9 Å². The van der Waals surface area contributed by atoms with Crippen LogP contribution in [0.2, 0.25) is 0 Å². The van der Waals surface area contributed by atoms with Gasteiger partial charge in [0.2, 0.25) is 6.79 Å². The van der Waals surface area contributed by atoms with E-state index in [0.29, 0.717) is 16.6 Å². The van der Waals surface area contributed by atoms with E-state index in [2.05, 4.69) is 10.3 Å². The van der Waals surface area contributed by atoms with Gasteiger partial charge >= 0.3 is 0 Å². The Morgan fingerprint density at radius 2 is 2.10 bits per heavy atom. The van der Waals surface area contributed by atoms with E-state index in [9.17, 15) is 4.79 Å². The molecule has 1 N–H and O–H groups in total. The molecule has 7 nitrogen and oxygen atoms in total. The van der Waals surface area contributed by atoms with E-state index in [1.54, 1.807) is 0 Å². The zero-order chi connectivity index (χ0) is 20.7. The molecule has 0 bridgehead atoms. The van der Waals surface area contributed by atoms with E-state index in [1.807, 2.05) is 55.6 Å². The van der Waals surface area contributed by atoms with E-state index in [-0.39, 0.29) is 24.9 Å². The summed E-state index contributed by atoms with van der Waals surface area (Å²) in [5.41, 5.74) is 2.47. The molecule has 2 aliphatic heterocycles. The molecule has 1 aromatic heterocycles. The number of fused-ring (bicyclic) bond motifs is 2. The van der Waals surface area contributed by atoms with Gasteiger partial charge in [-0.2, -0.15) is 0 Å². The minimum Gasteiger partial charge on any atom is -0.483 e. The smallest absolute Gasteiger partial charge is 0.264 e. The molecule has 0 aliphatic carbocycles. The molecule has 8 heteroatoms. The second-order valence-corrected chi connectivity index (χ2v) is 8.58. The second-order valence-electron chi connectivity index (χ2n) is 7.73. The first kappa shape index (κ1) is 18.7. The Balaban J connectivity index is 1.22. The number of carbonyl (C=O) groups excluding carboxylic acids is 1. The van der Waals surface area contributed by atoms with E-state index in [0.717, 1.165) is 34.7 Å². The maximum atomic E-state index is 12.4. The largest absolute Gasteiger partial charge is 0.483 e. The van der Waals surface area contributed by atoms with Crippen molar-refractivity contribution in [3.8, 4) is 34.3 Å². The Kier molecular flexibility index (Phi) is 4.51. The van der Waals surface area contributed by atoms with Crippen LogP contribution in [0, 0.1) is 0 Å². The monoisotopic (exact) mass is 424 g/mol. The third kappa shape index (κ3) is 3.66. The van der Waals surface area contributed by atoms with Gasteiger partial charge in [0.15, 0.2) is 34.7 Å². The van der Waals surface area contributed by atoms with Crippen LogP contribution in [0.4, 0.5) is 5.13 Å². The molecule has 0 spiro atoms. The summed E-state index contributed by atoms with van der Waals surface area (Å²) in [7, 11) is 0. The Morgan fingerprint density at radius 1 is 1.23 bits per heavy atom. The zero-order valence-corrected chi connectivity index (χ0v) is 17.4. The molecular formula is C22H20N2O5S. The highest BCUT2D eigenvalue weighted by atomic mass is 32.1. The molecule has 1 amide bonds. The van der Waals surface area contributed by atoms with Crippen LogP contribution in [0.1, 0.15) is 19.4 Å². The fourth-order valence-corrected chi connectivity index (χ4v) is 4.26. The Morgan fingerprint density at radius 3 is 3.00 bits per heavy atom. The normalized spacial score (nSPS) is 15.4. The molecule has 0 fully saturated rings. The van der Waals surface area contributed by atoms with Gasteiger partial charge in [-0.3, -0.25) is 10.1 Å². The summed E-state index contributed by atoms with van der Waals surface area (Å²) in [5.74, 6) is 2.43. The molecule has 0 unspecified atom stereocenters. The van der Waals surface area contributed by atoms with Gasteiger partial charge in [-0.15, -0.1) is 11.3 Å². The first-order chi connectivity index (χ1) is 14.5. The van der Waals surface area contributed by atoms with Crippen molar-refractivity contribution in [1.82, 2.24) is 4.98 Å². The van der Waals surface area contributed by atoms with Gasteiger partial charge in [-0.05, 0) is 38.1 Å². The molecule has 2 aromatic carbocycles. The van der Waals surface area contributed by atoms with Crippen LogP contribution in [0.25, 0.3) is 11.3 Å². The highest BCUT2D eigenvalue weighted by Crippen LogP contribution is 2.41. The summed E-state index contributed by atoms with van der Waals surface area (Å²) in [6, 6.07) is 11.4. The topological polar surface area (TPSA) is 78.9 Å². The van der Waals surface area contributed by atoms with E-state index < -0.39 is 0 Å². The lowest BCUT2D eigenvalue weighted by Crippen LogP contribution is -2.25. The summed E-state index contributed by atoms with van der Waals surface area (Å²) in [4.78, 5) is 16.9. The third-order valence-electron chi connectivity index (χ3n) is 4.83. The summed E-state index contributed by atoms with van der Waals surface area (Å²) in [5, 5.41) is 5.17. The first-order valence-corrected chi connectivity index (χ1v) is 10.4. The summed E-state index contributed by atoms with van der Waals surface area (Å²) < 4.78 is 22.4. The molecule has 0 radical (unpaired) electrons. The molecule has 0 saturated carbocycles. The minimum absolute atomic E-state index is 0.126. The zero-order valence-electron chi connectivity index (χ0n) is 16.6. The number of thiazole rings is 1. The summed E-state index contributed by atoms with van der Waals surface area (Å²) >= 11 is 1.35.